The van der Waals surface area contributed by atoms with Crippen LogP contribution in [0.2, 0.25) is 0 Å². The standard InChI is InChI=1S/C16H11Cl3F3NOS/c17-15(18,19)14(24)23-12-6-1-2-7-13(12)25-9-10-4-3-5-11(8-10)16(20,21)22/h1-8H,9H2,(H,23,24). The lowest BCUT2D eigenvalue weighted by Gasteiger charge is -2.14. The van der Waals surface area contributed by atoms with Gasteiger partial charge in [0.2, 0.25) is 0 Å². The van der Waals surface area contributed by atoms with Crippen molar-refractivity contribution in [2.75, 3.05) is 5.32 Å². The van der Waals surface area contributed by atoms with Gasteiger partial charge in [-0.15, -0.1) is 11.8 Å². The third-order valence-corrected chi connectivity index (χ3v) is 4.70. The van der Waals surface area contributed by atoms with Crippen molar-refractivity contribution >= 4 is 58.2 Å². The second-order valence-electron chi connectivity index (χ2n) is 4.93. The number of nitrogens with one attached hydrogen (secondary N) is 1. The highest BCUT2D eigenvalue weighted by Crippen LogP contribution is 2.34. The Kier molecular flexibility index (Phi) is 6.54. The van der Waals surface area contributed by atoms with Gasteiger partial charge in [-0.1, -0.05) is 65.1 Å². The van der Waals surface area contributed by atoms with Crippen LogP contribution in [0.3, 0.4) is 0 Å². The molecule has 0 saturated carbocycles. The van der Waals surface area contributed by atoms with Gasteiger partial charge in [-0.05, 0) is 23.8 Å². The molecule has 2 aromatic carbocycles. The Labute approximate surface area is 161 Å². The number of alkyl halides is 6. The van der Waals surface area contributed by atoms with Gasteiger partial charge in [-0.2, -0.15) is 13.2 Å². The fourth-order valence-electron chi connectivity index (χ4n) is 1.89. The minimum atomic E-state index is -4.39. The summed E-state index contributed by atoms with van der Waals surface area (Å²) >= 11 is 17.8. The van der Waals surface area contributed by atoms with E-state index in [1.807, 2.05) is 0 Å². The summed E-state index contributed by atoms with van der Waals surface area (Å²) in [6.07, 6.45) is -4.39. The normalized spacial score (nSPS) is 12.1. The first-order valence-corrected chi connectivity index (χ1v) is 8.95. The Morgan fingerprint density at radius 3 is 2.36 bits per heavy atom. The van der Waals surface area contributed by atoms with E-state index in [0.29, 0.717) is 16.1 Å². The number of anilines is 1. The molecular formula is C16H11Cl3F3NOS. The zero-order chi connectivity index (χ0) is 18.7. The molecule has 2 nitrogen and oxygen atoms in total. The van der Waals surface area contributed by atoms with Crippen molar-refractivity contribution in [2.45, 2.75) is 20.6 Å². The maximum Gasteiger partial charge on any atom is 0.416 e. The molecule has 1 N–H and O–H groups in total. The van der Waals surface area contributed by atoms with Crippen molar-refractivity contribution in [3.63, 3.8) is 0 Å². The lowest BCUT2D eigenvalue weighted by atomic mass is 10.1. The number of para-hydroxylation sites is 1. The summed E-state index contributed by atoms with van der Waals surface area (Å²) in [6.45, 7) is 0. The number of rotatable bonds is 4. The van der Waals surface area contributed by atoms with E-state index in [0.717, 1.165) is 12.1 Å². The molecule has 0 unspecified atom stereocenters. The predicted molar refractivity (Wildman–Crippen MR) is 96.4 cm³/mol. The third kappa shape index (κ3) is 5.99. The summed E-state index contributed by atoms with van der Waals surface area (Å²) in [5.41, 5.74) is 0.210. The summed E-state index contributed by atoms with van der Waals surface area (Å²) in [7, 11) is 0. The number of benzene rings is 2. The Hall–Kier alpha value is -1.08. The summed E-state index contributed by atoms with van der Waals surface area (Å²) < 4.78 is 36.2. The van der Waals surface area contributed by atoms with Crippen LogP contribution in [-0.4, -0.2) is 9.70 Å². The summed E-state index contributed by atoms with van der Waals surface area (Å²) in [5.74, 6) is -0.533. The van der Waals surface area contributed by atoms with Crippen molar-refractivity contribution in [1.82, 2.24) is 0 Å². The highest BCUT2D eigenvalue weighted by Gasteiger charge is 2.31. The molecule has 0 fully saturated rings. The monoisotopic (exact) mass is 427 g/mol. The van der Waals surface area contributed by atoms with Crippen LogP contribution in [0.25, 0.3) is 0 Å². The van der Waals surface area contributed by atoms with E-state index in [-0.39, 0.29) is 5.75 Å². The minimum absolute atomic E-state index is 0.282. The largest absolute Gasteiger partial charge is 0.416 e. The Morgan fingerprint density at radius 2 is 1.72 bits per heavy atom. The van der Waals surface area contributed by atoms with E-state index in [1.54, 1.807) is 30.3 Å². The maximum absolute atomic E-state index is 12.8. The molecule has 0 radical (unpaired) electrons. The predicted octanol–water partition coefficient (Wildman–Crippen LogP) is 6.31. The molecule has 134 valence electrons. The Morgan fingerprint density at radius 1 is 1.04 bits per heavy atom. The molecule has 25 heavy (non-hydrogen) atoms. The molecule has 0 aliphatic carbocycles. The van der Waals surface area contributed by atoms with Crippen LogP contribution in [0.15, 0.2) is 53.4 Å². The molecule has 2 aromatic rings. The molecule has 0 spiro atoms. The third-order valence-electron chi connectivity index (χ3n) is 3.04. The Balaban J connectivity index is 2.13. The van der Waals surface area contributed by atoms with Gasteiger partial charge >= 0.3 is 6.18 Å². The van der Waals surface area contributed by atoms with Gasteiger partial charge < -0.3 is 5.32 Å². The molecule has 0 bridgehead atoms. The first-order chi connectivity index (χ1) is 11.6. The second-order valence-corrected chi connectivity index (χ2v) is 8.23. The first-order valence-electron chi connectivity index (χ1n) is 6.83. The lowest BCUT2D eigenvalue weighted by Crippen LogP contribution is -2.27. The molecule has 0 aliphatic heterocycles. The molecule has 2 rings (SSSR count). The van der Waals surface area contributed by atoms with Crippen LogP contribution >= 0.6 is 46.6 Å². The fraction of sp³-hybridized carbons (Fsp3) is 0.188. The van der Waals surface area contributed by atoms with Gasteiger partial charge in [0.05, 0.1) is 11.3 Å². The maximum atomic E-state index is 12.8. The van der Waals surface area contributed by atoms with Gasteiger partial charge in [0.15, 0.2) is 0 Å². The average Bonchev–Trinajstić information content (AvgIpc) is 2.52. The second kappa shape index (κ2) is 8.08. The van der Waals surface area contributed by atoms with E-state index in [4.69, 9.17) is 34.8 Å². The van der Waals surface area contributed by atoms with Crippen LogP contribution in [0.1, 0.15) is 11.1 Å². The van der Waals surface area contributed by atoms with E-state index in [9.17, 15) is 18.0 Å². The zero-order valence-electron chi connectivity index (χ0n) is 12.4. The number of amides is 1. The topological polar surface area (TPSA) is 29.1 Å². The smallest absolute Gasteiger partial charge is 0.321 e. The number of carbonyl (C=O) groups excluding carboxylic acids is 1. The minimum Gasteiger partial charge on any atom is -0.321 e. The molecule has 1 amide bonds. The van der Waals surface area contributed by atoms with Gasteiger partial charge in [0, 0.05) is 10.6 Å². The molecule has 0 atom stereocenters. The summed E-state index contributed by atoms with van der Waals surface area (Å²) in [5, 5.41) is 2.49. The molecule has 0 heterocycles. The number of halogens is 6. The Bertz CT molecular complexity index is 763. The van der Waals surface area contributed by atoms with Gasteiger partial charge in [-0.25, -0.2) is 0 Å². The average molecular weight is 429 g/mol. The first kappa shape index (κ1) is 20.2. The molecule has 0 aliphatic rings. The van der Waals surface area contributed by atoms with Crippen LogP contribution in [0.4, 0.5) is 18.9 Å². The van der Waals surface area contributed by atoms with Crippen LogP contribution in [-0.2, 0) is 16.7 Å². The van der Waals surface area contributed by atoms with E-state index >= 15 is 0 Å². The SMILES string of the molecule is O=C(Nc1ccccc1SCc1cccc(C(F)(F)F)c1)C(Cl)(Cl)Cl. The van der Waals surface area contributed by atoms with Gasteiger partial charge in [0.1, 0.15) is 0 Å². The van der Waals surface area contributed by atoms with Gasteiger partial charge in [0.25, 0.3) is 9.70 Å². The van der Waals surface area contributed by atoms with Crippen molar-refractivity contribution in [2.24, 2.45) is 0 Å². The van der Waals surface area contributed by atoms with Crippen molar-refractivity contribution in [3.8, 4) is 0 Å². The lowest BCUT2D eigenvalue weighted by molar-refractivity contribution is -0.137. The van der Waals surface area contributed by atoms with Crippen LogP contribution < -0.4 is 5.32 Å². The molecule has 0 saturated heterocycles. The quantitative estimate of drug-likeness (QED) is 0.457. The molecule has 9 heteroatoms. The summed E-state index contributed by atoms with van der Waals surface area (Å²) in [4.78, 5) is 12.4. The van der Waals surface area contributed by atoms with Crippen molar-refractivity contribution in [1.29, 1.82) is 0 Å². The molecule has 0 aromatic heterocycles. The van der Waals surface area contributed by atoms with Gasteiger partial charge in [-0.3, -0.25) is 4.79 Å². The summed E-state index contributed by atoms with van der Waals surface area (Å²) in [6, 6.07) is 11.8. The van der Waals surface area contributed by atoms with Crippen molar-refractivity contribution in [3.05, 3.63) is 59.7 Å². The number of thioether (sulfide) groups is 1. The number of hydrogen-bond donors (Lipinski definition) is 1. The fourth-order valence-corrected chi connectivity index (χ4v) is 2.98. The van der Waals surface area contributed by atoms with E-state index in [2.05, 4.69) is 5.32 Å². The van der Waals surface area contributed by atoms with E-state index in [1.165, 1.54) is 17.8 Å². The number of hydrogen-bond acceptors (Lipinski definition) is 2. The van der Waals surface area contributed by atoms with Crippen LogP contribution in [0.5, 0.6) is 0 Å². The highest BCUT2D eigenvalue weighted by atomic mass is 35.6. The zero-order valence-corrected chi connectivity index (χ0v) is 15.5. The molecular weight excluding hydrogens is 418 g/mol. The van der Waals surface area contributed by atoms with E-state index < -0.39 is 21.4 Å². The van der Waals surface area contributed by atoms with Crippen LogP contribution in [0, 0.1) is 0 Å². The highest BCUT2D eigenvalue weighted by molar-refractivity contribution is 7.98. The van der Waals surface area contributed by atoms with Crippen molar-refractivity contribution < 1.29 is 18.0 Å². The number of carbonyl (C=O) groups is 1.